The maximum absolute atomic E-state index is 14.2. The summed E-state index contributed by atoms with van der Waals surface area (Å²) in [5.74, 6) is 0.460. The van der Waals surface area contributed by atoms with E-state index in [1.165, 1.54) is 6.07 Å². The summed E-state index contributed by atoms with van der Waals surface area (Å²) in [6.45, 7) is 2.92. The number of rotatable bonds is 7. The molecule has 0 spiro atoms. The molecule has 1 atom stereocenters. The Labute approximate surface area is 155 Å². The van der Waals surface area contributed by atoms with Crippen molar-refractivity contribution in [2.45, 2.75) is 44.5 Å². The highest BCUT2D eigenvalue weighted by atomic mass is 79.9. The molecule has 1 aromatic carbocycles. The minimum Gasteiger partial charge on any atom is -0.497 e. The Morgan fingerprint density at radius 2 is 1.92 bits per heavy atom. The SMILES string of the molecule is COc1ccc(CN(Cc2nc(Br)ccc2F)[C@H](C)C2(O)CC2)cc1. The first-order valence-corrected chi connectivity index (χ1v) is 9.11. The molecule has 25 heavy (non-hydrogen) atoms. The number of pyridine rings is 1. The first-order chi connectivity index (χ1) is 11.9. The van der Waals surface area contributed by atoms with Crippen LogP contribution in [0.25, 0.3) is 0 Å². The number of ether oxygens (including phenoxy) is 1. The van der Waals surface area contributed by atoms with Gasteiger partial charge in [-0.3, -0.25) is 4.90 Å². The Hall–Kier alpha value is -1.50. The summed E-state index contributed by atoms with van der Waals surface area (Å²) in [7, 11) is 1.63. The fourth-order valence-electron chi connectivity index (χ4n) is 2.94. The monoisotopic (exact) mass is 408 g/mol. The molecule has 1 heterocycles. The lowest BCUT2D eigenvalue weighted by molar-refractivity contribution is 0.0287. The molecule has 0 amide bonds. The number of halogens is 2. The van der Waals surface area contributed by atoms with Crippen LogP contribution in [0, 0.1) is 5.82 Å². The Morgan fingerprint density at radius 3 is 2.52 bits per heavy atom. The molecule has 1 aliphatic rings. The average Bonchev–Trinajstić information content (AvgIpc) is 3.36. The van der Waals surface area contributed by atoms with Crippen molar-refractivity contribution in [2.75, 3.05) is 7.11 Å². The summed E-state index contributed by atoms with van der Waals surface area (Å²) in [5.41, 5.74) is 0.765. The lowest BCUT2D eigenvalue weighted by Gasteiger charge is -2.32. The predicted octanol–water partition coefficient (Wildman–Crippen LogP) is 3.91. The van der Waals surface area contributed by atoms with Crippen LogP contribution in [-0.2, 0) is 13.1 Å². The molecule has 0 bridgehead atoms. The van der Waals surface area contributed by atoms with Crippen molar-refractivity contribution in [2.24, 2.45) is 0 Å². The lowest BCUT2D eigenvalue weighted by atomic mass is 10.1. The maximum atomic E-state index is 14.2. The van der Waals surface area contributed by atoms with Crippen molar-refractivity contribution in [3.8, 4) is 5.75 Å². The largest absolute Gasteiger partial charge is 0.497 e. The van der Waals surface area contributed by atoms with E-state index in [1.54, 1.807) is 13.2 Å². The van der Waals surface area contributed by atoms with Gasteiger partial charge < -0.3 is 9.84 Å². The third-order valence-corrected chi connectivity index (χ3v) is 5.31. The molecule has 1 N–H and O–H groups in total. The van der Waals surface area contributed by atoms with Crippen molar-refractivity contribution in [1.29, 1.82) is 0 Å². The van der Waals surface area contributed by atoms with Crippen LogP contribution in [0.3, 0.4) is 0 Å². The zero-order valence-corrected chi connectivity index (χ0v) is 16.0. The molecule has 0 unspecified atom stereocenters. The Balaban J connectivity index is 1.82. The summed E-state index contributed by atoms with van der Waals surface area (Å²) in [6.07, 6.45) is 1.56. The van der Waals surface area contributed by atoms with E-state index in [2.05, 4.69) is 25.8 Å². The standard InChI is InChI=1S/C19H22BrFN2O2/c1-13(19(24)9-10-19)23(11-14-3-5-15(25-2)6-4-14)12-17-16(21)7-8-18(20)22-17/h3-8,13,24H,9-12H2,1-2H3/t13-/m1/s1. The number of hydrogen-bond acceptors (Lipinski definition) is 4. The average molecular weight is 409 g/mol. The van der Waals surface area contributed by atoms with E-state index in [0.29, 0.717) is 23.4 Å². The van der Waals surface area contributed by atoms with Crippen LogP contribution in [0.4, 0.5) is 4.39 Å². The second-order valence-corrected chi connectivity index (χ2v) is 7.41. The van der Waals surface area contributed by atoms with E-state index in [1.807, 2.05) is 31.2 Å². The third kappa shape index (κ3) is 4.37. The molecule has 6 heteroatoms. The van der Waals surface area contributed by atoms with Gasteiger partial charge in [-0.15, -0.1) is 0 Å². The van der Waals surface area contributed by atoms with Gasteiger partial charge in [-0.25, -0.2) is 9.37 Å². The number of aliphatic hydroxyl groups is 1. The fraction of sp³-hybridized carbons (Fsp3) is 0.421. The Bertz CT molecular complexity index is 735. The van der Waals surface area contributed by atoms with E-state index in [9.17, 15) is 9.50 Å². The molecule has 0 radical (unpaired) electrons. The van der Waals surface area contributed by atoms with Gasteiger partial charge in [0, 0.05) is 19.1 Å². The van der Waals surface area contributed by atoms with Crippen LogP contribution in [0.15, 0.2) is 41.0 Å². The van der Waals surface area contributed by atoms with E-state index >= 15 is 0 Å². The predicted molar refractivity (Wildman–Crippen MR) is 97.8 cm³/mol. The van der Waals surface area contributed by atoms with Crippen molar-refractivity contribution >= 4 is 15.9 Å². The van der Waals surface area contributed by atoms with Crippen LogP contribution < -0.4 is 4.74 Å². The van der Waals surface area contributed by atoms with Crippen LogP contribution in [0.2, 0.25) is 0 Å². The maximum Gasteiger partial charge on any atom is 0.146 e. The number of methoxy groups -OCH3 is 1. The highest BCUT2D eigenvalue weighted by molar-refractivity contribution is 9.10. The second-order valence-electron chi connectivity index (χ2n) is 6.60. The van der Waals surface area contributed by atoms with Crippen molar-refractivity contribution in [3.05, 3.63) is 58.1 Å². The van der Waals surface area contributed by atoms with Crippen molar-refractivity contribution in [3.63, 3.8) is 0 Å². The first-order valence-electron chi connectivity index (χ1n) is 8.31. The van der Waals surface area contributed by atoms with Crippen LogP contribution in [0.1, 0.15) is 31.0 Å². The Morgan fingerprint density at radius 1 is 1.24 bits per heavy atom. The summed E-state index contributed by atoms with van der Waals surface area (Å²) in [6, 6.07) is 10.7. The number of benzene rings is 1. The van der Waals surface area contributed by atoms with Gasteiger partial charge in [0.05, 0.1) is 18.4 Å². The minimum absolute atomic E-state index is 0.0882. The van der Waals surface area contributed by atoms with Crippen LogP contribution in [-0.4, -0.2) is 33.7 Å². The van der Waals surface area contributed by atoms with Gasteiger partial charge in [-0.2, -0.15) is 0 Å². The van der Waals surface area contributed by atoms with Gasteiger partial charge in [0.25, 0.3) is 0 Å². The van der Waals surface area contributed by atoms with Gasteiger partial charge in [0.15, 0.2) is 0 Å². The van der Waals surface area contributed by atoms with E-state index in [4.69, 9.17) is 4.74 Å². The molecule has 1 fully saturated rings. The molecular formula is C19H22BrFN2O2. The fourth-order valence-corrected chi connectivity index (χ4v) is 3.29. The minimum atomic E-state index is -0.686. The molecule has 1 aromatic heterocycles. The van der Waals surface area contributed by atoms with E-state index in [-0.39, 0.29) is 11.9 Å². The smallest absolute Gasteiger partial charge is 0.146 e. The first kappa shape index (κ1) is 18.3. The zero-order chi connectivity index (χ0) is 18.0. The topological polar surface area (TPSA) is 45.6 Å². The van der Waals surface area contributed by atoms with E-state index < -0.39 is 5.60 Å². The van der Waals surface area contributed by atoms with Crippen molar-refractivity contribution in [1.82, 2.24) is 9.88 Å². The quantitative estimate of drug-likeness (QED) is 0.705. The number of hydrogen-bond donors (Lipinski definition) is 1. The normalized spacial score (nSPS) is 16.7. The summed E-state index contributed by atoms with van der Waals surface area (Å²) in [5, 5.41) is 10.5. The number of aromatic nitrogens is 1. The molecule has 134 valence electrons. The molecule has 2 aromatic rings. The molecule has 3 rings (SSSR count). The third-order valence-electron chi connectivity index (χ3n) is 4.87. The van der Waals surface area contributed by atoms with Crippen LogP contribution >= 0.6 is 15.9 Å². The second kappa shape index (κ2) is 7.40. The molecule has 1 aliphatic carbocycles. The van der Waals surface area contributed by atoms with Gasteiger partial charge in [0.1, 0.15) is 16.2 Å². The molecule has 1 saturated carbocycles. The zero-order valence-electron chi connectivity index (χ0n) is 14.4. The highest BCUT2D eigenvalue weighted by Gasteiger charge is 2.47. The van der Waals surface area contributed by atoms with Crippen LogP contribution in [0.5, 0.6) is 5.75 Å². The molecule has 0 aliphatic heterocycles. The van der Waals surface area contributed by atoms with Gasteiger partial charge in [-0.05, 0) is 65.5 Å². The van der Waals surface area contributed by atoms with Gasteiger partial charge in [-0.1, -0.05) is 12.1 Å². The Kier molecular flexibility index (Phi) is 5.41. The molecule has 4 nitrogen and oxygen atoms in total. The molecule has 0 saturated heterocycles. The van der Waals surface area contributed by atoms with Crippen molar-refractivity contribution < 1.29 is 14.2 Å². The highest BCUT2D eigenvalue weighted by Crippen LogP contribution is 2.41. The summed E-state index contributed by atoms with van der Waals surface area (Å²) >= 11 is 3.30. The molecular weight excluding hydrogens is 387 g/mol. The van der Waals surface area contributed by atoms with Gasteiger partial charge >= 0.3 is 0 Å². The van der Waals surface area contributed by atoms with E-state index in [0.717, 1.165) is 24.2 Å². The summed E-state index contributed by atoms with van der Waals surface area (Å²) < 4.78 is 19.9. The van der Waals surface area contributed by atoms with Gasteiger partial charge in [0.2, 0.25) is 0 Å². The summed E-state index contributed by atoms with van der Waals surface area (Å²) in [4.78, 5) is 6.34. The lowest BCUT2D eigenvalue weighted by Crippen LogP contribution is -2.42. The number of nitrogens with zero attached hydrogens (tertiary/aromatic N) is 2.